The summed E-state index contributed by atoms with van der Waals surface area (Å²) in [6.45, 7) is 1.80. The van der Waals surface area contributed by atoms with Crippen LogP contribution >= 0.6 is 0 Å². The normalized spacial score (nSPS) is 13.5. The summed E-state index contributed by atoms with van der Waals surface area (Å²) < 4.78 is 25.2. The van der Waals surface area contributed by atoms with Gasteiger partial charge < -0.3 is 5.73 Å². The Hall–Kier alpha value is -1.40. The summed E-state index contributed by atoms with van der Waals surface area (Å²) >= 11 is 0. The number of hydrogen-bond acceptors (Lipinski definition) is 3. The Morgan fingerprint density at radius 3 is 2.44 bits per heavy atom. The molecule has 0 bridgehead atoms. The zero-order chi connectivity index (χ0) is 13.8. The van der Waals surface area contributed by atoms with E-state index in [1.54, 1.807) is 0 Å². The Labute approximate surface area is 108 Å². The van der Waals surface area contributed by atoms with Crippen molar-refractivity contribution in [3.63, 3.8) is 0 Å². The Bertz CT molecular complexity index is 499. The van der Waals surface area contributed by atoms with Gasteiger partial charge in [0, 0.05) is 7.05 Å². The van der Waals surface area contributed by atoms with Gasteiger partial charge in [-0.05, 0) is 11.5 Å². The molecule has 100 valence electrons. The highest BCUT2D eigenvalue weighted by molar-refractivity contribution is 7.89. The third kappa shape index (κ3) is 4.12. The standard InChI is InChI=1S/C12H19N3O2S/c1-10(11-6-4-3-5-7-11)9-18(16,17)15(2)8-12(13)14/h3-7,10H,8-9H2,1-2H3,(H3,13,14). The maximum absolute atomic E-state index is 12.0. The molecule has 5 nitrogen and oxygen atoms in total. The maximum Gasteiger partial charge on any atom is 0.214 e. The molecule has 1 unspecified atom stereocenters. The summed E-state index contributed by atoms with van der Waals surface area (Å²) in [4.78, 5) is 0. The SMILES string of the molecule is CC(CS(=O)(=O)N(C)CC(=N)N)c1ccccc1. The van der Waals surface area contributed by atoms with Crippen LogP contribution in [0, 0.1) is 5.41 Å². The zero-order valence-corrected chi connectivity index (χ0v) is 11.4. The van der Waals surface area contributed by atoms with E-state index in [1.807, 2.05) is 37.3 Å². The smallest absolute Gasteiger partial charge is 0.214 e. The molecule has 0 fully saturated rings. The fraction of sp³-hybridized carbons (Fsp3) is 0.417. The highest BCUT2D eigenvalue weighted by Gasteiger charge is 2.22. The van der Waals surface area contributed by atoms with Crippen LogP contribution in [-0.2, 0) is 10.0 Å². The minimum Gasteiger partial charge on any atom is -0.387 e. The van der Waals surface area contributed by atoms with Crippen LogP contribution in [-0.4, -0.2) is 37.9 Å². The van der Waals surface area contributed by atoms with Gasteiger partial charge >= 0.3 is 0 Å². The van der Waals surface area contributed by atoms with E-state index in [0.29, 0.717) is 0 Å². The second-order valence-electron chi connectivity index (χ2n) is 4.37. The molecule has 1 aromatic rings. The minimum atomic E-state index is -3.39. The van der Waals surface area contributed by atoms with Crippen LogP contribution < -0.4 is 5.73 Å². The summed E-state index contributed by atoms with van der Waals surface area (Å²) in [6, 6.07) is 9.48. The van der Waals surface area contributed by atoms with Crippen molar-refractivity contribution in [2.45, 2.75) is 12.8 Å². The monoisotopic (exact) mass is 269 g/mol. The van der Waals surface area contributed by atoms with Crippen molar-refractivity contribution in [1.29, 1.82) is 5.41 Å². The summed E-state index contributed by atoms with van der Waals surface area (Å²) in [6.07, 6.45) is 0. The lowest BCUT2D eigenvalue weighted by atomic mass is 10.0. The molecule has 1 rings (SSSR count). The number of nitrogens with zero attached hydrogens (tertiary/aromatic N) is 1. The Morgan fingerprint density at radius 2 is 1.94 bits per heavy atom. The van der Waals surface area contributed by atoms with E-state index < -0.39 is 10.0 Å². The van der Waals surface area contributed by atoms with Gasteiger partial charge in [0.2, 0.25) is 10.0 Å². The first kappa shape index (κ1) is 14.7. The Morgan fingerprint density at radius 1 is 1.39 bits per heavy atom. The highest BCUT2D eigenvalue weighted by Crippen LogP contribution is 2.17. The van der Waals surface area contributed by atoms with Crippen molar-refractivity contribution in [2.24, 2.45) is 5.73 Å². The van der Waals surface area contributed by atoms with Crippen molar-refractivity contribution in [3.8, 4) is 0 Å². The molecule has 1 aromatic carbocycles. The van der Waals surface area contributed by atoms with E-state index in [2.05, 4.69) is 0 Å². The Kier molecular flexibility index (Phi) is 4.86. The molecule has 0 saturated carbocycles. The molecule has 0 heterocycles. The third-order valence-electron chi connectivity index (χ3n) is 2.70. The van der Waals surface area contributed by atoms with Gasteiger partial charge in [-0.15, -0.1) is 0 Å². The summed E-state index contributed by atoms with van der Waals surface area (Å²) in [5.74, 6) is -0.236. The molecule has 0 aliphatic heterocycles. The number of sulfonamides is 1. The summed E-state index contributed by atoms with van der Waals surface area (Å²) in [7, 11) is -1.95. The third-order valence-corrected chi connectivity index (χ3v) is 4.70. The van der Waals surface area contributed by atoms with Crippen molar-refractivity contribution in [1.82, 2.24) is 4.31 Å². The number of likely N-dealkylation sites (N-methyl/N-ethyl adjacent to an activating group) is 1. The number of nitrogens with two attached hydrogens (primary N) is 1. The molecule has 0 amide bonds. The predicted octanol–water partition coefficient (Wildman–Crippen LogP) is 0.988. The molecule has 0 spiro atoms. The first-order valence-corrected chi connectivity index (χ1v) is 7.25. The van der Waals surface area contributed by atoms with Crippen LogP contribution in [0.1, 0.15) is 18.4 Å². The lowest BCUT2D eigenvalue weighted by Crippen LogP contribution is -2.37. The average molecular weight is 269 g/mol. The molecule has 3 N–H and O–H groups in total. The van der Waals surface area contributed by atoms with Crippen LogP contribution in [0.3, 0.4) is 0 Å². The lowest BCUT2D eigenvalue weighted by molar-refractivity contribution is 0.500. The molecule has 18 heavy (non-hydrogen) atoms. The second kappa shape index (κ2) is 5.97. The van der Waals surface area contributed by atoms with E-state index in [4.69, 9.17) is 11.1 Å². The molecular formula is C12H19N3O2S. The van der Waals surface area contributed by atoms with E-state index in [1.165, 1.54) is 7.05 Å². The molecule has 0 aliphatic carbocycles. The van der Waals surface area contributed by atoms with Crippen molar-refractivity contribution in [3.05, 3.63) is 35.9 Å². The van der Waals surface area contributed by atoms with E-state index >= 15 is 0 Å². The Balaban J connectivity index is 2.74. The number of nitrogens with one attached hydrogen (secondary N) is 1. The van der Waals surface area contributed by atoms with Crippen LogP contribution in [0.4, 0.5) is 0 Å². The fourth-order valence-electron chi connectivity index (χ4n) is 1.66. The number of rotatable bonds is 6. The van der Waals surface area contributed by atoms with Crippen molar-refractivity contribution < 1.29 is 8.42 Å². The molecule has 0 aromatic heterocycles. The van der Waals surface area contributed by atoms with E-state index in [0.717, 1.165) is 9.87 Å². The predicted molar refractivity (Wildman–Crippen MR) is 73.2 cm³/mol. The van der Waals surface area contributed by atoms with Gasteiger partial charge in [0.15, 0.2) is 0 Å². The fourth-order valence-corrected chi connectivity index (χ4v) is 3.07. The van der Waals surface area contributed by atoms with Gasteiger partial charge in [0.25, 0.3) is 0 Å². The molecule has 0 aliphatic rings. The molecule has 1 atom stereocenters. The molecule has 6 heteroatoms. The van der Waals surface area contributed by atoms with Gasteiger partial charge in [-0.25, -0.2) is 8.42 Å². The second-order valence-corrected chi connectivity index (χ2v) is 6.49. The molecule has 0 radical (unpaired) electrons. The van der Waals surface area contributed by atoms with Gasteiger partial charge in [0.1, 0.15) is 5.84 Å². The highest BCUT2D eigenvalue weighted by atomic mass is 32.2. The minimum absolute atomic E-state index is 0.0147. The van der Waals surface area contributed by atoms with Gasteiger partial charge in [-0.3, -0.25) is 5.41 Å². The summed E-state index contributed by atoms with van der Waals surface area (Å²) in [5.41, 5.74) is 6.19. The molecular weight excluding hydrogens is 250 g/mol. The lowest BCUT2D eigenvalue weighted by Gasteiger charge is -2.19. The number of amidine groups is 1. The maximum atomic E-state index is 12.0. The van der Waals surface area contributed by atoms with Gasteiger partial charge in [-0.1, -0.05) is 37.3 Å². The molecule has 0 saturated heterocycles. The average Bonchev–Trinajstić information content (AvgIpc) is 2.28. The van der Waals surface area contributed by atoms with Gasteiger partial charge in [0.05, 0.1) is 12.3 Å². The van der Waals surface area contributed by atoms with E-state index in [9.17, 15) is 8.42 Å². The van der Waals surface area contributed by atoms with Crippen molar-refractivity contribution in [2.75, 3.05) is 19.3 Å². The van der Waals surface area contributed by atoms with Crippen molar-refractivity contribution >= 4 is 15.9 Å². The van der Waals surface area contributed by atoms with Gasteiger partial charge in [-0.2, -0.15) is 4.31 Å². The van der Waals surface area contributed by atoms with Crippen LogP contribution in [0.15, 0.2) is 30.3 Å². The number of hydrogen-bond donors (Lipinski definition) is 2. The summed E-state index contributed by atoms with van der Waals surface area (Å²) in [5, 5.41) is 7.12. The van der Waals surface area contributed by atoms with E-state index in [-0.39, 0.29) is 24.1 Å². The largest absolute Gasteiger partial charge is 0.387 e. The zero-order valence-electron chi connectivity index (χ0n) is 10.6. The van der Waals surface area contributed by atoms with Crippen LogP contribution in [0.5, 0.6) is 0 Å². The van der Waals surface area contributed by atoms with Crippen LogP contribution in [0.25, 0.3) is 0 Å². The topological polar surface area (TPSA) is 87.2 Å². The quantitative estimate of drug-likeness (QED) is 0.596. The van der Waals surface area contributed by atoms with Crippen LogP contribution in [0.2, 0.25) is 0 Å². The first-order valence-electron chi connectivity index (χ1n) is 5.65. The first-order chi connectivity index (χ1) is 8.33. The number of benzene rings is 1.